The van der Waals surface area contributed by atoms with E-state index in [4.69, 9.17) is 5.11 Å². The molecule has 1 fully saturated rings. The van der Waals surface area contributed by atoms with Crippen LogP contribution in [0.1, 0.15) is 46.0 Å². The number of likely N-dealkylation sites (tertiary alicyclic amines) is 1. The Morgan fingerprint density at radius 1 is 1.33 bits per heavy atom. The van der Waals surface area contributed by atoms with Crippen molar-refractivity contribution in [1.82, 2.24) is 4.90 Å². The maximum Gasteiger partial charge on any atom is 0.303 e. The average molecular weight is 213 g/mol. The number of carbonyl (C=O) groups is 1. The van der Waals surface area contributed by atoms with Crippen molar-refractivity contribution < 1.29 is 9.90 Å². The zero-order valence-electron chi connectivity index (χ0n) is 9.91. The summed E-state index contributed by atoms with van der Waals surface area (Å²) in [6, 6.07) is 0.704. The third kappa shape index (κ3) is 3.82. The quantitative estimate of drug-likeness (QED) is 0.762. The summed E-state index contributed by atoms with van der Waals surface area (Å²) in [4.78, 5) is 13.1. The molecule has 1 heterocycles. The van der Waals surface area contributed by atoms with Crippen LogP contribution in [0.25, 0.3) is 0 Å². The van der Waals surface area contributed by atoms with Gasteiger partial charge in [-0.25, -0.2) is 0 Å². The molecule has 1 aliphatic heterocycles. The second-order valence-corrected chi connectivity index (χ2v) is 4.55. The Hall–Kier alpha value is -0.570. The Labute approximate surface area is 92.5 Å². The predicted octanol–water partition coefficient (Wildman–Crippen LogP) is 2.36. The first-order chi connectivity index (χ1) is 7.17. The van der Waals surface area contributed by atoms with Crippen molar-refractivity contribution in [3.8, 4) is 0 Å². The fourth-order valence-electron chi connectivity index (χ4n) is 2.57. The molecule has 0 radical (unpaired) electrons. The third-order valence-electron chi connectivity index (χ3n) is 3.57. The molecule has 1 N–H and O–H groups in total. The number of piperidine rings is 1. The minimum absolute atomic E-state index is 0.358. The molecule has 0 spiro atoms. The van der Waals surface area contributed by atoms with Crippen molar-refractivity contribution in [2.24, 2.45) is 5.92 Å². The number of hydrogen-bond donors (Lipinski definition) is 1. The van der Waals surface area contributed by atoms with E-state index in [9.17, 15) is 4.79 Å². The van der Waals surface area contributed by atoms with Gasteiger partial charge in [0.25, 0.3) is 0 Å². The minimum atomic E-state index is -0.643. The molecule has 0 unspecified atom stereocenters. The van der Waals surface area contributed by atoms with Gasteiger partial charge in [-0.05, 0) is 44.7 Å². The molecule has 3 nitrogen and oxygen atoms in total. The number of carboxylic acid groups (broad SMARTS) is 1. The molecule has 0 aromatic carbocycles. The standard InChI is InChI=1S/C12H23NO2/c1-3-11(4-2)13-7-5-10(6-8-13)9-12(14)15/h10-11H,3-9H2,1-2H3,(H,14,15). The highest BCUT2D eigenvalue weighted by atomic mass is 16.4. The summed E-state index contributed by atoms with van der Waals surface area (Å²) in [7, 11) is 0. The van der Waals surface area contributed by atoms with E-state index in [2.05, 4.69) is 18.7 Å². The molecule has 15 heavy (non-hydrogen) atoms. The minimum Gasteiger partial charge on any atom is -0.481 e. The van der Waals surface area contributed by atoms with Crippen molar-refractivity contribution in [3.63, 3.8) is 0 Å². The zero-order chi connectivity index (χ0) is 11.3. The summed E-state index contributed by atoms with van der Waals surface area (Å²) < 4.78 is 0. The molecule has 1 saturated heterocycles. The first-order valence-electron chi connectivity index (χ1n) is 6.13. The van der Waals surface area contributed by atoms with Crippen LogP contribution in [0.15, 0.2) is 0 Å². The van der Waals surface area contributed by atoms with Crippen LogP contribution in [-0.4, -0.2) is 35.1 Å². The van der Waals surface area contributed by atoms with Gasteiger partial charge in [-0.2, -0.15) is 0 Å². The van der Waals surface area contributed by atoms with E-state index < -0.39 is 5.97 Å². The van der Waals surface area contributed by atoms with Crippen LogP contribution in [0.3, 0.4) is 0 Å². The molecule has 0 saturated carbocycles. The molecule has 0 atom stereocenters. The first-order valence-corrected chi connectivity index (χ1v) is 6.13. The lowest BCUT2D eigenvalue weighted by Crippen LogP contribution is -2.41. The molecule has 1 aliphatic rings. The molecule has 0 aliphatic carbocycles. The van der Waals surface area contributed by atoms with Gasteiger partial charge in [-0.3, -0.25) is 4.79 Å². The Kier molecular flexibility index (Phi) is 5.09. The fraction of sp³-hybridized carbons (Fsp3) is 0.917. The molecule has 0 bridgehead atoms. The van der Waals surface area contributed by atoms with Gasteiger partial charge < -0.3 is 10.0 Å². The number of carboxylic acids is 1. The number of nitrogens with zero attached hydrogens (tertiary/aromatic N) is 1. The second-order valence-electron chi connectivity index (χ2n) is 4.55. The van der Waals surface area contributed by atoms with Gasteiger partial charge in [0.2, 0.25) is 0 Å². The van der Waals surface area contributed by atoms with Gasteiger partial charge in [-0.15, -0.1) is 0 Å². The van der Waals surface area contributed by atoms with Crippen molar-refractivity contribution in [1.29, 1.82) is 0 Å². The average Bonchev–Trinajstić information content (AvgIpc) is 2.21. The lowest BCUT2D eigenvalue weighted by molar-refractivity contribution is -0.138. The summed E-state index contributed by atoms with van der Waals surface area (Å²) in [5.41, 5.74) is 0. The maximum absolute atomic E-state index is 10.6. The Morgan fingerprint density at radius 2 is 1.87 bits per heavy atom. The normalized spacial score (nSPS) is 19.7. The van der Waals surface area contributed by atoms with Crippen LogP contribution >= 0.6 is 0 Å². The van der Waals surface area contributed by atoms with Crippen LogP contribution in [0.2, 0.25) is 0 Å². The van der Waals surface area contributed by atoms with Crippen molar-refractivity contribution in [2.75, 3.05) is 13.1 Å². The van der Waals surface area contributed by atoms with Crippen molar-refractivity contribution in [3.05, 3.63) is 0 Å². The molecular formula is C12H23NO2. The second kappa shape index (κ2) is 6.11. The van der Waals surface area contributed by atoms with E-state index in [1.54, 1.807) is 0 Å². The van der Waals surface area contributed by atoms with Gasteiger partial charge in [0.1, 0.15) is 0 Å². The summed E-state index contributed by atoms with van der Waals surface area (Å²) in [5, 5.41) is 8.72. The smallest absolute Gasteiger partial charge is 0.303 e. The Bertz CT molecular complexity index is 194. The summed E-state index contributed by atoms with van der Waals surface area (Å²) >= 11 is 0. The topological polar surface area (TPSA) is 40.5 Å². The monoisotopic (exact) mass is 213 g/mol. The van der Waals surface area contributed by atoms with Gasteiger partial charge in [-0.1, -0.05) is 13.8 Å². The SMILES string of the molecule is CCC(CC)N1CCC(CC(=O)O)CC1. The highest BCUT2D eigenvalue weighted by Crippen LogP contribution is 2.23. The highest BCUT2D eigenvalue weighted by Gasteiger charge is 2.24. The number of rotatable bonds is 5. The van der Waals surface area contributed by atoms with Crippen LogP contribution in [0, 0.1) is 5.92 Å². The van der Waals surface area contributed by atoms with Crippen LogP contribution in [0.4, 0.5) is 0 Å². The molecule has 1 rings (SSSR count). The van der Waals surface area contributed by atoms with Gasteiger partial charge in [0, 0.05) is 12.5 Å². The van der Waals surface area contributed by atoms with Crippen LogP contribution < -0.4 is 0 Å². The predicted molar refractivity (Wildman–Crippen MR) is 60.9 cm³/mol. The van der Waals surface area contributed by atoms with E-state index in [0.29, 0.717) is 18.4 Å². The van der Waals surface area contributed by atoms with Gasteiger partial charge >= 0.3 is 5.97 Å². The highest BCUT2D eigenvalue weighted by molar-refractivity contribution is 5.67. The molecular weight excluding hydrogens is 190 g/mol. The largest absolute Gasteiger partial charge is 0.481 e. The van der Waals surface area contributed by atoms with Crippen molar-refractivity contribution >= 4 is 5.97 Å². The van der Waals surface area contributed by atoms with E-state index in [1.165, 1.54) is 12.8 Å². The van der Waals surface area contributed by atoms with E-state index in [0.717, 1.165) is 25.9 Å². The van der Waals surface area contributed by atoms with Gasteiger partial charge in [0.15, 0.2) is 0 Å². The molecule has 0 aromatic heterocycles. The van der Waals surface area contributed by atoms with E-state index >= 15 is 0 Å². The van der Waals surface area contributed by atoms with E-state index in [-0.39, 0.29) is 0 Å². The Morgan fingerprint density at radius 3 is 2.27 bits per heavy atom. The fourth-order valence-corrected chi connectivity index (χ4v) is 2.57. The first kappa shape index (κ1) is 12.5. The number of hydrogen-bond acceptors (Lipinski definition) is 2. The lowest BCUT2D eigenvalue weighted by atomic mass is 9.92. The van der Waals surface area contributed by atoms with Crippen LogP contribution in [-0.2, 0) is 4.79 Å². The molecule has 88 valence electrons. The maximum atomic E-state index is 10.6. The number of aliphatic carboxylic acids is 1. The van der Waals surface area contributed by atoms with Gasteiger partial charge in [0.05, 0.1) is 0 Å². The summed E-state index contributed by atoms with van der Waals surface area (Å²) in [6.07, 6.45) is 4.89. The summed E-state index contributed by atoms with van der Waals surface area (Å²) in [5.74, 6) is -0.232. The molecule has 3 heteroatoms. The van der Waals surface area contributed by atoms with Crippen LogP contribution in [0.5, 0.6) is 0 Å². The van der Waals surface area contributed by atoms with Crippen molar-refractivity contribution in [2.45, 2.75) is 52.0 Å². The summed E-state index contributed by atoms with van der Waals surface area (Å²) in [6.45, 7) is 6.64. The molecule has 0 amide bonds. The lowest BCUT2D eigenvalue weighted by Gasteiger charge is -2.36. The molecule has 0 aromatic rings. The Balaban J connectivity index is 2.31. The third-order valence-corrected chi connectivity index (χ3v) is 3.57. The van der Waals surface area contributed by atoms with E-state index in [1.807, 2.05) is 0 Å². The zero-order valence-corrected chi connectivity index (χ0v) is 9.91.